The highest BCUT2D eigenvalue weighted by atomic mass is 35.5. The second-order valence-corrected chi connectivity index (χ2v) is 11.2. The van der Waals surface area contributed by atoms with Gasteiger partial charge in [-0.2, -0.15) is 0 Å². The molecule has 0 radical (unpaired) electrons. The van der Waals surface area contributed by atoms with E-state index in [1.807, 2.05) is 65.6 Å². The number of carbonyl (C=O) groups excluding carboxylic acids is 2. The zero-order chi connectivity index (χ0) is 27.9. The summed E-state index contributed by atoms with van der Waals surface area (Å²) < 4.78 is 0. The fraction of sp³-hybridized carbons (Fsp3) is 0.294. The summed E-state index contributed by atoms with van der Waals surface area (Å²) in [6, 6.07) is 32.6. The third-order valence-corrected chi connectivity index (χ3v) is 8.24. The number of hydrogen-bond acceptors (Lipinski definition) is 3. The average Bonchev–Trinajstić information content (AvgIpc) is 2.98. The van der Waals surface area contributed by atoms with Crippen molar-refractivity contribution >= 4 is 34.2 Å². The van der Waals surface area contributed by atoms with Gasteiger partial charge in [-0.1, -0.05) is 96.5 Å². The minimum Gasteiger partial charge on any atom is -0.369 e. The molecule has 0 saturated carbocycles. The lowest BCUT2D eigenvalue weighted by Gasteiger charge is -2.37. The fourth-order valence-electron chi connectivity index (χ4n) is 5.83. The molecule has 5 nitrogen and oxygen atoms in total. The molecule has 3 N–H and O–H groups in total. The Labute approximate surface area is 241 Å². The fourth-order valence-corrected chi connectivity index (χ4v) is 5.96. The van der Waals surface area contributed by atoms with Gasteiger partial charge in [0.2, 0.25) is 11.8 Å². The number of piperazine rings is 1. The van der Waals surface area contributed by atoms with Crippen LogP contribution in [0.4, 0.5) is 0 Å². The second-order valence-electron chi connectivity index (χ2n) is 10.8. The predicted octanol–water partition coefficient (Wildman–Crippen LogP) is 5.43. The van der Waals surface area contributed by atoms with Gasteiger partial charge in [-0.15, -0.1) is 0 Å². The van der Waals surface area contributed by atoms with E-state index in [4.69, 9.17) is 17.3 Å². The molecule has 0 bridgehead atoms. The van der Waals surface area contributed by atoms with Crippen LogP contribution in [-0.2, 0) is 28.9 Å². The van der Waals surface area contributed by atoms with Crippen LogP contribution in [0.15, 0.2) is 97.1 Å². The van der Waals surface area contributed by atoms with Gasteiger partial charge in [0, 0.05) is 36.6 Å². The van der Waals surface area contributed by atoms with Crippen molar-refractivity contribution in [2.75, 3.05) is 19.6 Å². The summed E-state index contributed by atoms with van der Waals surface area (Å²) in [5.41, 5.74) is 9.31. The standard InChI is InChI=1S/C34H36ClN3O2/c35-29-15-11-25(12-16-29)22-32(31(33(36)39)17-13-24-6-2-1-3-7-24)34(40)38-19-18-37-30(23-38)21-26-10-14-27-8-4-5-9-28(27)20-26/h1-12,14-16,20,30-32,37H,13,17-19,21-23H2,(H2,36,39)/t30-,31?,32-/m1/s1. The van der Waals surface area contributed by atoms with Gasteiger partial charge in [-0.3, -0.25) is 9.59 Å². The maximum absolute atomic E-state index is 14.2. The van der Waals surface area contributed by atoms with E-state index in [0.717, 1.165) is 17.5 Å². The monoisotopic (exact) mass is 553 g/mol. The van der Waals surface area contributed by atoms with E-state index >= 15 is 0 Å². The number of amides is 2. The Balaban J connectivity index is 1.34. The molecule has 3 atom stereocenters. The first-order valence-corrected chi connectivity index (χ1v) is 14.4. The molecule has 1 saturated heterocycles. The van der Waals surface area contributed by atoms with Crippen LogP contribution < -0.4 is 11.1 Å². The summed E-state index contributed by atoms with van der Waals surface area (Å²) in [5.74, 6) is -1.54. The van der Waals surface area contributed by atoms with Crippen molar-refractivity contribution in [2.24, 2.45) is 17.6 Å². The smallest absolute Gasteiger partial charge is 0.226 e. The van der Waals surface area contributed by atoms with Crippen LogP contribution in [0.1, 0.15) is 23.1 Å². The number of fused-ring (bicyclic) bond motifs is 1. The number of carbonyl (C=O) groups is 2. The summed E-state index contributed by atoms with van der Waals surface area (Å²) in [6.07, 6.45) is 2.47. The lowest BCUT2D eigenvalue weighted by atomic mass is 9.81. The van der Waals surface area contributed by atoms with Crippen molar-refractivity contribution in [3.05, 3.63) is 119 Å². The predicted molar refractivity (Wildman–Crippen MR) is 162 cm³/mol. The highest BCUT2D eigenvalue weighted by Crippen LogP contribution is 2.27. The van der Waals surface area contributed by atoms with Crippen LogP contribution >= 0.6 is 11.6 Å². The highest BCUT2D eigenvalue weighted by Gasteiger charge is 2.36. The summed E-state index contributed by atoms with van der Waals surface area (Å²) in [5, 5.41) is 6.67. The Kier molecular flexibility index (Phi) is 9.15. The molecule has 0 spiro atoms. The zero-order valence-electron chi connectivity index (χ0n) is 22.6. The molecule has 4 aromatic carbocycles. The minimum atomic E-state index is -0.572. The van der Waals surface area contributed by atoms with E-state index in [9.17, 15) is 9.59 Å². The summed E-state index contributed by atoms with van der Waals surface area (Å²) in [7, 11) is 0. The Bertz CT molecular complexity index is 1440. The van der Waals surface area contributed by atoms with Crippen LogP contribution in [-0.4, -0.2) is 42.4 Å². The normalized spacial score (nSPS) is 16.9. The molecule has 2 amide bonds. The molecular formula is C34H36ClN3O2. The molecule has 4 aromatic rings. The number of nitrogens with one attached hydrogen (secondary N) is 1. The van der Waals surface area contributed by atoms with E-state index in [-0.39, 0.29) is 11.9 Å². The molecule has 40 heavy (non-hydrogen) atoms. The number of primary amides is 1. The van der Waals surface area contributed by atoms with Crippen LogP contribution in [0, 0.1) is 11.8 Å². The molecule has 1 aliphatic heterocycles. The largest absolute Gasteiger partial charge is 0.369 e. The van der Waals surface area contributed by atoms with Crippen LogP contribution in [0.5, 0.6) is 0 Å². The zero-order valence-corrected chi connectivity index (χ0v) is 23.4. The molecule has 0 aromatic heterocycles. The van der Waals surface area contributed by atoms with Crippen molar-refractivity contribution in [2.45, 2.75) is 31.7 Å². The van der Waals surface area contributed by atoms with Gasteiger partial charge < -0.3 is 16.0 Å². The number of nitrogens with zero attached hydrogens (tertiary/aromatic N) is 1. The van der Waals surface area contributed by atoms with Gasteiger partial charge >= 0.3 is 0 Å². The molecule has 1 aliphatic rings. The van der Waals surface area contributed by atoms with Crippen molar-refractivity contribution in [1.82, 2.24) is 10.2 Å². The first-order valence-electron chi connectivity index (χ1n) is 14.0. The first-order chi connectivity index (χ1) is 19.5. The van der Waals surface area contributed by atoms with E-state index in [1.54, 1.807) is 0 Å². The summed E-state index contributed by atoms with van der Waals surface area (Å²) >= 11 is 6.12. The molecule has 1 unspecified atom stereocenters. The van der Waals surface area contributed by atoms with Crippen molar-refractivity contribution in [3.8, 4) is 0 Å². The Morgan fingerprint density at radius 1 is 0.850 bits per heavy atom. The van der Waals surface area contributed by atoms with E-state index in [1.165, 1.54) is 16.3 Å². The minimum absolute atomic E-state index is 0.00294. The van der Waals surface area contributed by atoms with Gasteiger partial charge in [0.15, 0.2) is 0 Å². The van der Waals surface area contributed by atoms with Crippen molar-refractivity contribution < 1.29 is 9.59 Å². The third kappa shape index (κ3) is 7.09. The first kappa shape index (κ1) is 27.9. The number of aryl methyl sites for hydroxylation is 1. The lowest BCUT2D eigenvalue weighted by Crippen LogP contribution is -2.56. The average molecular weight is 554 g/mol. The van der Waals surface area contributed by atoms with E-state index in [0.29, 0.717) is 43.9 Å². The van der Waals surface area contributed by atoms with Gasteiger partial charge in [-0.25, -0.2) is 0 Å². The topological polar surface area (TPSA) is 75.4 Å². The lowest BCUT2D eigenvalue weighted by molar-refractivity contribution is -0.142. The molecule has 5 rings (SSSR count). The van der Waals surface area contributed by atoms with E-state index < -0.39 is 17.7 Å². The maximum Gasteiger partial charge on any atom is 0.226 e. The third-order valence-electron chi connectivity index (χ3n) is 7.99. The molecular weight excluding hydrogens is 518 g/mol. The van der Waals surface area contributed by atoms with Crippen molar-refractivity contribution in [1.29, 1.82) is 0 Å². The molecule has 6 heteroatoms. The van der Waals surface area contributed by atoms with Crippen molar-refractivity contribution in [3.63, 3.8) is 0 Å². The molecule has 206 valence electrons. The SMILES string of the molecule is NC(=O)C(CCc1ccccc1)[C@@H](Cc1ccc(Cl)cc1)C(=O)N1CCN[C@H](Cc2ccc3ccccc3c2)C1. The highest BCUT2D eigenvalue weighted by molar-refractivity contribution is 6.30. The molecule has 1 fully saturated rings. The second kappa shape index (κ2) is 13.1. The number of nitrogens with two attached hydrogens (primary N) is 1. The summed E-state index contributed by atoms with van der Waals surface area (Å²) in [6.45, 7) is 1.91. The Morgan fingerprint density at radius 3 is 2.30 bits per heavy atom. The van der Waals surface area contributed by atoms with Gasteiger partial charge in [0.05, 0.1) is 5.92 Å². The Morgan fingerprint density at radius 2 is 1.55 bits per heavy atom. The number of halogens is 1. The van der Waals surface area contributed by atoms with Crippen LogP contribution in [0.3, 0.4) is 0 Å². The van der Waals surface area contributed by atoms with Gasteiger partial charge in [-0.05, 0) is 65.3 Å². The van der Waals surface area contributed by atoms with Gasteiger partial charge in [0.1, 0.15) is 0 Å². The molecule has 0 aliphatic carbocycles. The number of benzene rings is 4. The number of hydrogen-bond donors (Lipinski definition) is 2. The molecule has 1 heterocycles. The number of rotatable bonds is 10. The van der Waals surface area contributed by atoms with Crippen LogP contribution in [0.25, 0.3) is 10.8 Å². The maximum atomic E-state index is 14.2. The van der Waals surface area contributed by atoms with Crippen LogP contribution in [0.2, 0.25) is 5.02 Å². The summed E-state index contributed by atoms with van der Waals surface area (Å²) in [4.78, 5) is 28.9. The van der Waals surface area contributed by atoms with Gasteiger partial charge in [0.25, 0.3) is 0 Å². The quantitative estimate of drug-likeness (QED) is 0.275. The van der Waals surface area contributed by atoms with E-state index in [2.05, 4.69) is 41.7 Å². The Hall–Kier alpha value is -3.67.